The summed E-state index contributed by atoms with van der Waals surface area (Å²) in [5.74, 6) is -0.653. The van der Waals surface area contributed by atoms with Crippen molar-refractivity contribution in [1.29, 1.82) is 0 Å². The van der Waals surface area contributed by atoms with Crippen LogP contribution in [0.1, 0.15) is 31.4 Å². The zero-order chi connectivity index (χ0) is 23.2. The van der Waals surface area contributed by atoms with E-state index in [-0.39, 0.29) is 6.61 Å². The molecule has 0 saturated carbocycles. The van der Waals surface area contributed by atoms with E-state index in [1.165, 1.54) is 0 Å². The molecule has 31 heavy (non-hydrogen) atoms. The van der Waals surface area contributed by atoms with Crippen molar-refractivity contribution >= 4 is 19.0 Å². The Morgan fingerprint density at radius 1 is 1.26 bits per heavy atom. The van der Waals surface area contributed by atoms with Crippen LogP contribution < -0.4 is 10.1 Å². The molecular weight excluding hydrogens is 440 g/mol. The standard InChI is InChI=1S/C19H22F3N2O6P/c1-3-13(2)30-31(27,28)12-23-16-10-18(29-11-14-7-5-4-6-8-14)15(19(20,21)22)9-17(16)24(25)26/h4-10,13,23H,3,11-12H2,1-2H3,(H,27,28). The van der Waals surface area contributed by atoms with Crippen LogP contribution in [0, 0.1) is 10.1 Å². The smallest absolute Gasteiger partial charge is 0.420 e. The molecule has 0 fully saturated rings. The molecule has 0 aliphatic heterocycles. The van der Waals surface area contributed by atoms with Gasteiger partial charge in [-0.1, -0.05) is 37.3 Å². The second-order valence-electron chi connectivity index (χ2n) is 6.69. The summed E-state index contributed by atoms with van der Waals surface area (Å²) in [4.78, 5) is 20.2. The molecule has 0 spiro atoms. The highest BCUT2D eigenvalue weighted by Crippen LogP contribution is 2.46. The first kappa shape index (κ1) is 24.6. The van der Waals surface area contributed by atoms with E-state index in [1.54, 1.807) is 44.2 Å². The molecule has 0 aliphatic carbocycles. The monoisotopic (exact) mass is 462 g/mol. The van der Waals surface area contributed by atoms with Crippen molar-refractivity contribution in [2.75, 3.05) is 11.6 Å². The molecule has 8 nitrogen and oxygen atoms in total. The van der Waals surface area contributed by atoms with Crippen molar-refractivity contribution in [3.63, 3.8) is 0 Å². The molecule has 0 radical (unpaired) electrons. The van der Waals surface area contributed by atoms with Gasteiger partial charge < -0.3 is 19.5 Å². The van der Waals surface area contributed by atoms with Gasteiger partial charge in [-0.3, -0.25) is 14.7 Å². The Bertz CT molecular complexity index is 956. The van der Waals surface area contributed by atoms with Crippen LogP contribution in [-0.4, -0.2) is 22.2 Å². The number of hydrogen-bond donors (Lipinski definition) is 2. The lowest BCUT2D eigenvalue weighted by Gasteiger charge is -2.19. The van der Waals surface area contributed by atoms with Gasteiger partial charge in [-0.15, -0.1) is 0 Å². The van der Waals surface area contributed by atoms with Crippen molar-refractivity contribution in [3.05, 3.63) is 63.7 Å². The highest BCUT2D eigenvalue weighted by Gasteiger charge is 2.38. The molecule has 2 atom stereocenters. The summed E-state index contributed by atoms with van der Waals surface area (Å²) in [7, 11) is -4.20. The lowest BCUT2D eigenvalue weighted by molar-refractivity contribution is -0.384. The van der Waals surface area contributed by atoms with Gasteiger partial charge in [-0.05, 0) is 18.9 Å². The minimum atomic E-state index is -4.92. The van der Waals surface area contributed by atoms with Crippen molar-refractivity contribution in [1.82, 2.24) is 0 Å². The molecule has 2 aromatic carbocycles. The van der Waals surface area contributed by atoms with Gasteiger partial charge in [0.1, 0.15) is 29.9 Å². The Morgan fingerprint density at radius 2 is 1.90 bits per heavy atom. The number of nitrogens with one attached hydrogen (secondary N) is 1. The van der Waals surface area contributed by atoms with Crippen LogP contribution in [0.3, 0.4) is 0 Å². The number of anilines is 1. The van der Waals surface area contributed by atoms with E-state index in [0.29, 0.717) is 18.1 Å². The number of alkyl halides is 3. The van der Waals surface area contributed by atoms with Gasteiger partial charge in [0.2, 0.25) is 0 Å². The van der Waals surface area contributed by atoms with Crippen molar-refractivity contribution in [2.45, 2.75) is 39.2 Å². The highest BCUT2D eigenvalue weighted by atomic mass is 31.2. The Balaban J connectivity index is 2.37. The normalized spacial score (nSPS) is 14.5. The van der Waals surface area contributed by atoms with Crippen LogP contribution in [0.15, 0.2) is 42.5 Å². The molecule has 0 amide bonds. The summed E-state index contributed by atoms with van der Waals surface area (Å²) in [6.07, 6.45) is -5.75. The molecule has 0 saturated heterocycles. The number of hydrogen-bond acceptors (Lipinski definition) is 6. The number of nitro groups is 1. The molecule has 0 aromatic heterocycles. The predicted molar refractivity (Wildman–Crippen MR) is 108 cm³/mol. The summed E-state index contributed by atoms with van der Waals surface area (Å²) in [6, 6.07) is 9.52. The van der Waals surface area contributed by atoms with Gasteiger partial charge in [0.15, 0.2) is 0 Å². The van der Waals surface area contributed by atoms with E-state index in [1.807, 2.05) is 0 Å². The summed E-state index contributed by atoms with van der Waals surface area (Å²) in [5, 5.41) is 13.7. The number of nitrogens with zero attached hydrogens (tertiary/aromatic N) is 1. The fourth-order valence-electron chi connectivity index (χ4n) is 2.52. The third-order valence-electron chi connectivity index (χ3n) is 4.23. The average molecular weight is 462 g/mol. The minimum absolute atomic E-state index is 0.212. The first-order chi connectivity index (χ1) is 14.4. The molecule has 2 N–H and O–H groups in total. The van der Waals surface area contributed by atoms with E-state index >= 15 is 0 Å². The van der Waals surface area contributed by atoms with Crippen LogP contribution in [0.25, 0.3) is 0 Å². The van der Waals surface area contributed by atoms with Crippen molar-refractivity contribution in [2.24, 2.45) is 0 Å². The number of rotatable bonds is 10. The topological polar surface area (TPSA) is 111 Å². The third kappa shape index (κ3) is 7.23. The summed E-state index contributed by atoms with van der Waals surface area (Å²) in [6.45, 7) is 3.09. The molecule has 2 aromatic rings. The fourth-order valence-corrected chi connectivity index (χ4v) is 3.67. The Hall–Kier alpha value is -2.62. The Kier molecular flexibility index (Phi) is 8.05. The molecule has 2 unspecified atom stereocenters. The van der Waals surface area contributed by atoms with E-state index in [9.17, 15) is 32.7 Å². The maximum absolute atomic E-state index is 13.5. The third-order valence-corrected chi connectivity index (χ3v) is 5.47. The molecule has 0 bridgehead atoms. The number of nitro benzene ring substituents is 1. The summed E-state index contributed by atoms with van der Waals surface area (Å²) >= 11 is 0. The van der Waals surface area contributed by atoms with Crippen molar-refractivity contribution < 1.29 is 36.8 Å². The SMILES string of the molecule is CCC(C)OP(=O)(O)CNc1cc(OCc2ccccc2)c(C(F)(F)F)cc1[N+](=O)[O-]. The van der Waals surface area contributed by atoms with E-state index in [4.69, 9.17) is 9.26 Å². The second kappa shape index (κ2) is 10.1. The van der Waals surface area contributed by atoms with Crippen LogP contribution in [0.5, 0.6) is 5.75 Å². The highest BCUT2D eigenvalue weighted by molar-refractivity contribution is 7.52. The number of ether oxygens (including phenoxy) is 1. The van der Waals surface area contributed by atoms with Gasteiger partial charge in [-0.2, -0.15) is 13.2 Å². The Morgan fingerprint density at radius 3 is 2.45 bits per heavy atom. The molecule has 12 heteroatoms. The average Bonchev–Trinajstić information content (AvgIpc) is 2.70. The molecule has 0 heterocycles. The quantitative estimate of drug-likeness (QED) is 0.270. The molecule has 2 rings (SSSR count). The van der Waals surface area contributed by atoms with Crippen LogP contribution in [0.4, 0.5) is 24.5 Å². The number of benzene rings is 2. The molecule has 170 valence electrons. The predicted octanol–water partition coefficient (Wildman–Crippen LogP) is 5.56. The zero-order valence-electron chi connectivity index (χ0n) is 16.8. The van der Waals surface area contributed by atoms with Gasteiger partial charge in [-0.25, -0.2) is 0 Å². The van der Waals surface area contributed by atoms with E-state index < -0.39 is 53.8 Å². The summed E-state index contributed by atoms with van der Waals surface area (Å²) in [5.41, 5.74) is -2.06. The minimum Gasteiger partial charge on any atom is -0.488 e. The van der Waals surface area contributed by atoms with E-state index in [0.717, 1.165) is 6.07 Å². The zero-order valence-corrected chi connectivity index (χ0v) is 17.7. The molecule has 0 aliphatic rings. The largest absolute Gasteiger partial charge is 0.488 e. The van der Waals surface area contributed by atoms with Crippen LogP contribution in [-0.2, 0) is 21.9 Å². The van der Waals surface area contributed by atoms with Gasteiger partial charge in [0.05, 0.1) is 11.0 Å². The second-order valence-corrected chi connectivity index (χ2v) is 8.49. The number of halogens is 3. The lowest BCUT2D eigenvalue weighted by Crippen LogP contribution is -2.13. The van der Waals surface area contributed by atoms with E-state index in [2.05, 4.69) is 5.32 Å². The first-order valence-corrected chi connectivity index (χ1v) is 11.0. The van der Waals surface area contributed by atoms with Gasteiger partial charge in [0.25, 0.3) is 5.69 Å². The maximum Gasteiger partial charge on any atom is 0.420 e. The molecular formula is C19H22F3N2O6P. The van der Waals surface area contributed by atoms with Crippen LogP contribution in [0.2, 0.25) is 0 Å². The van der Waals surface area contributed by atoms with Crippen molar-refractivity contribution in [3.8, 4) is 5.75 Å². The lowest BCUT2D eigenvalue weighted by atomic mass is 10.1. The first-order valence-electron chi connectivity index (χ1n) is 9.23. The van der Waals surface area contributed by atoms with Gasteiger partial charge in [0, 0.05) is 12.1 Å². The fraction of sp³-hybridized carbons (Fsp3) is 0.368. The maximum atomic E-state index is 13.5. The van der Waals surface area contributed by atoms with Gasteiger partial charge >= 0.3 is 13.8 Å². The summed E-state index contributed by atoms with van der Waals surface area (Å²) < 4.78 is 62.9. The Labute approximate surface area is 176 Å². The van der Waals surface area contributed by atoms with Crippen LogP contribution >= 0.6 is 7.60 Å².